The highest BCUT2D eigenvalue weighted by Gasteiger charge is 2.52. The van der Waals surface area contributed by atoms with Gasteiger partial charge in [0.2, 0.25) is 0 Å². The molecule has 6 nitrogen and oxygen atoms in total. The molecule has 1 fully saturated rings. The Bertz CT molecular complexity index is 716. The van der Waals surface area contributed by atoms with E-state index in [9.17, 15) is 4.79 Å². The molecule has 0 atom stereocenters. The summed E-state index contributed by atoms with van der Waals surface area (Å²) in [7, 11) is -0.532. The second-order valence-electron chi connectivity index (χ2n) is 6.22. The molecule has 0 unspecified atom stereocenters. The first-order valence-electron chi connectivity index (χ1n) is 6.64. The average molecular weight is 275 g/mol. The summed E-state index contributed by atoms with van der Waals surface area (Å²) < 4.78 is 13.6. The lowest BCUT2D eigenvalue weighted by molar-refractivity contribution is 0.00578. The molecule has 106 valence electrons. The van der Waals surface area contributed by atoms with Gasteiger partial charge in [0.05, 0.1) is 16.8 Å². The Kier molecular flexibility index (Phi) is 2.65. The fraction of sp³-hybridized carbons (Fsp3) is 0.538. The van der Waals surface area contributed by atoms with E-state index in [4.69, 9.17) is 9.31 Å². The quantitative estimate of drug-likeness (QED) is 0.775. The highest BCUT2D eigenvalue weighted by atomic mass is 16.7. The van der Waals surface area contributed by atoms with Crippen LogP contribution in [0.15, 0.2) is 17.2 Å². The van der Waals surface area contributed by atoms with Gasteiger partial charge in [-0.15, -0.1) is 0 Å². The number of aromatic amines is 1. The molecule has 0 bridgehead atoms. The summed E-state index contributed by atoms with van der Waals surface area (Å²) in [5, 5.41) is 4.20. The highest BCUT2D eigenvalue weighted by molar-refractivity contribution is 6.61. The Labute approximate surface area is 117 Å². The SMILES string of the molecule is Cc1cc(B2OC(C)(C)C(C)(C)O2)n2nc[nH]c(=O)c12. The molecule has 2 aromatic rings. The summed E-state index contributed by atoms with van der Waals surface area (Å²) in [5.41, 5.74) is 1.11. The Morgan fingerprint density at radius 1 is 1.25 bits per heavy atom. The third-order valence-corrected chi connectivity index (χ3v) is 4.27. The first-order valence-corrected chi connectivity index (χ1v) is 6.64. The van der Waals surface area contributed by atoms with Crippen LogP contribution in [0.25, 0.3) is 5.52 Å². The molecule has 20 heavy (non-hydrogen) atoms. The van der Waals surface area contributed by atoms with E-state index < -0.39 is 18.3 Å². The normalized spacial score (nSPS) is 20.8. The van der Waals surface area contributed by atoms with Crippen molar-refractivity contribution in [1.29, 1.82) is 0 Å². The van der Waals surface area contributed by atoms with E-state index in [1.165, 1.54) is 6.33 Å². The maximum absolute atomic E-state index is 11.9. The minimum atomic E-state index is -0.532. The Morgan fingerprint density at radius 2 is 1.85 bits per heavy atom. The number of fused-ring (bicyclic) bond motifs is 1. The van der Waals surface area contributed by atoms with E-state index in [-0.39, 0.29) is 5.56 Å². The molecular weight excluding hydrogens is 257 g/mol. The molecule has 0 aliphatic carbocycles. The van der Waals surface area contributed by atoms with Crippen LogP contribution in [0, 0.1) is 6.92 Å². The predicted molar refractivity (Wildman–Crippen MR) is 76.3 cm³/mol. The summed E-state index contributed by atoms with van der Waals surface area (Å²) in [6, 6.07) is 1.89. The largest absolute Gasteiger partial charge is 0.514 e. The molecule has 3 rings (SSSR count). The van der Waals surface area contributed by atoms with Crippen molar-refractivity contribution in [1.82, 2.24) is 14.6 Å². The summed E-state index contributed by atoms with van der Waals surface area (Å²) in [6.45, 7) is 9.86. The second-order valence-corrected chi connectivity index (χ2v) is 6.22. The lowest BCUT2D eigenvalue weighted by Gasteiger charge is -2.32. The van der Waals surface area contributed by atoms with Crippen molar-refractivity contribution in [3.05, 3.63) is 28.3 Å². The molecule has 0 saturated carbocycles. The molecule has 1 aliphatic rings. The molecule has 1 saturated heterocycles. The Morgan fingerprint density at radius 3 is 2.45 bits per heavy atom. The van der Waals surface area contributed by atoms with Gasteiger partial charge in [-0.1, -0.05) is 0 Å². The molecule has 2 aromatic heterocycles. The van der Waals surface area contributed by atoms with Crippen LogP contribution in [0.1, 0.15) is 33.3 Å². The fourth-order valence-corrected chi connectivity index (χ4v) is 2.39. The van der Waals surface area contributed by atoms with Crippen molar-refractivity contribution in [2.24, 2.45) is 0 Å². The number of hydrogen-bond donors (Lipinski definition) is 1. The lowest BCUT2D eigenvalue weighted by atomic mass is 9.85. The van der Waals surface area contributed by atoms with Crippen LogP contribution in [0.5, 0.6) is 0 Å². The van der Waals surface area contributed by atoms with Crippen LogP contribution < -0.4 is 11.2 Å². The Hall–Kier alpha value is -1.60. The zero-order valence-electron chi connectivity index (χ0n) is 12.4. The van der Waals surface area contributed by atoms with Crippen molar-refractivity contribution in [3.8, 4) is 0 Å². The molecule has 0 radical (unpaired) electrons. The van der Waals surface area contributed by atoms with Gasteiger partial charge in [-0.3, -0.25) is 4.79 Å². The van der Waals surface area contributed by atoms with Crippen molar-refractivity contribution in [2.75, 3.05) is 0 Å². The van der Waals surface area contributed by atoms with E-state index >= 15 is 0 Å². The van der Waals surface area contributed by atoms with Crippen LogP contribution in [0.2, 0.25) is 0 Å². The number of aromatic nitrogens is 3. The van der Waals surface area contributed by atoms with Gasteiger partial charge >= 0.3 is 7.12 Å². The van der Waals surface area contributed by atoms with Crippen LogP contribution in [0.3, 0.4) is 0 Å². The zero-order valence-corrected chi connectivity index (χ0v) is 12.4. The van der Waals surface area contributed by atoms with Crippen molar-refractivity contribution < 1.29 is 9.31 Å². The third-order valence-electron chi connectivity index (χ3n) is 4.27. The van der Waals surface area contributed by atoms with Gasteiger partial charge in [0, 0.05) is 0 Å². The van der Waals surface area contributed by atoms with Gasteiger partial charge in [0.15, 0.2) is 0 Å². The number of hydrogen-bond acceptors (Lipinski definition) is 4. The van der Waals surface area contributed by atoms with E-state index in [0.717, 1.165) is 11.2 Å². The van der Waals surface area contributed by atoms with E-state index in [0.29, 0.717) is 5.52 Å². The molecule has 0 aromatic carbocycles. The monoisotopic (exact) mass is 275 g/mol. The first kappa shape index (κ1) is 13.4. The predicted octanol–water partition coefficient (Wildman–Crippen LogP) is 0.630. The third kappa shape index (κ3) is 1.73. The second kappa shape index (κ2) is 3.96. The van der Waals surface area contributed by atoms with Crippen molar-refractivity contribution >= 4 is 18.2 Å². The minimum Gasteiger partial charge on any atom is -0.398 e. The molecule has 0 spiro atoms. The maximum atomic E-state index is 11.9. The summed E-state index contributed by atoms with van der Waals surface area (Å²) in [5.74, 6) is 0. The van der Waals surface area contributed by atoms with Crippen LogP contribution in [0.4, 0.5) is 0 Å². The van der Waals surface area contributed by atoms with E-state index in [1.807, 2.05) is 40.7 Å². The summed E-state index contributed by atoms with van der Waals surface area (Å²) in [6.07, 6.45) is 1.38. The van der Waals surface area contributed by atoms with Crippen molar-refractivity contribution in [2.45, 2.75) is 45.8 Å². The van der Waals surface area contributed by atoms with E-state index in [1.54, 1.807) is 4.52 Å². The van der Waals surface area contributed by atoms with Gasteiger partial charge in [0.1, 0.15) is 11.8 Å². The topological polar surface area (TPSA) is 68.6 Å². The number of aryl methyl sites for hydroxylation is 1. The number of H-pyrrole nitrogens is 1. The Balaban J connectivity index is 2.14. The maximum Gasteiger partial charge on any atom is 0.514 e. The number of rotatable bonds is 1. The summed E-state index contributed by atoms with van der Waals surface area (Å²) in [4.78, 5) is 14.5. The zero-order chi connectivity index (χ0) is 14.7. The van der Waals surface area contributed by atoms with Crippen LogP contribution >= 0.6 is 0 Å². The first-order chi connectivity index (χ1) is 9.23. The summed E-state index contributed by atoms with van der Waals surface area (Å²) >= 11 is 0. The highest BCUT2D eigenvalue weighted by Crippen LogP contribution is 2.36. The smallest absolute Gasteiger partial charge is 0.398 e. The number of nitrogens with zero attached hydrogens (tertiary/aromatic N) is 2. The molecule has 1 N–H and O–H groups in total. The average Bonchev–Trinajstić information content (AvgIpc) is 2.76. The molecule has 3 heterocycles. The standard InChI is InChI=1S/C13H18BN3O3/c1-8-6-9(17-10(8)11(18)15-7-16-17)14-19-12(2,3)13(4,5)20-14/h6-7H,1-5H3,(H,15,16,18). The van der Waals surface area contributed by atoms with Crippen LogP contribution in [-0.2, 0) is 9.31 Å². The van der Waals surface area contributed by atoms with Crippen LogP contribution in [-0.4, -0.2) is 32.9 Å². The molecule has 0 amide bonds. The minimum absolute atomic E-state index is 0.166. The van der Waals surface area contributed by atoms with Gasteiger partial charge in [-0.25, -0.2) is 4.52 Å². The van der Waals surface area contributed by atoms with E-state index in [2.05, 4.69) is 10.1 Å². The lowest BCUT2D eigenvalue weighted by Crippen LogP contribution is -2.41. The molecule has 1 aliphatic heterocycles. The van der Waals surface area contributed by atoms with Gasteiger partial charge in [-0.05, 0) is 46.2 Å². The molecule has 7 heteroatoms. The fourth-order valence-electron chi connectivity index (χ4n) is 2.39. The number of nitrogens with one attached hydrogen (secondary N) is 1. The van der Waals surface area contributed by atoms with Crippen molar-refractivity contribution in [3.63, 3.8) is 0 Å². The van der Waals surface area contributed by atoms with Gasteiger partial charge < -0.3 is 14.3 Å². The van der Waals surface area contributed by atoms with Gasteiger partial charge in [0.25, 0.3) is 5.56 Å². The van der Waals surface area contributed by atoms with Gasteiger partial charge in [-0.2, -0.15) is 5.10 Å². The molecular formula is C13H18BN3O3.